The molecule has 3 nitrogen and oxygen atoms in total. The van der Waals surface area contributed by atoms with Gasteiger partial charge in [-0.2, -0.15) is 0 Å². The van der Waals surface area contributed by atoms with Gasteiger partial charge < -0.3 is 4.74 Å². The molecule has 0 saturated carbocycles. The van der Waals surface area contributed by atoms with Gasteiger partial charge in [0.15, 0.2) is 0 Å². The van der Waals surface area contributed by atoms with E-state index in [0.717, 1.165) is 0 Å². The molecule has 0 radical (unpaired) electrons. The minimum atomic E-state index is -0.402. The third-order valence-electron chi connectivity index (χ3n) is 1.06. The first kappa shape index (κ1) is 6.74. The van der Waals surface area contributed by atoms with Crippen LogP contribution in [0.25, 0.3) is 0 Å². The van der Waals surface area contributed by atoms with Crippen molar-refractivity contribution in [3.63, 3.8) is 0 Å². The summed E-state index contributed by atoms with van der Waals surface area (Å²) >= 11 is 0. The van der Waals surface area contributed by atoms with Crippen LogP contribution in [-0.4, -0.2) is 18.1 Å². The monoisotopic (exact) mass is 137 g/mol. The Morgan fingerprint density at radius 3 is 2.90 bits per heavy atom. The summed E-state index contributed by atoms with van der Waals surface area (Å²) in [5, 5.41) is 0. The van der Waals surface area contributed by atoms with Crippen LogP contribution in [0.2, 0.25) is 0 Å². The van der Waals surface area contributed by atoms with E-state index in [4.69, 9.17) is 0 Å². The molecule has 0 aliphatic carbocycles. The molecule has 0 aliphatic rings. The first-order valence-electron chi connectivity index (χ1n) is 2.84. The molecule has 0 atom stereocenters. The fourth-order valence-electron chi connectivity index (χ4n) is 0.588. The highest BCUT2D eigenvalue weighted by Crippen LogP contribution is 1.93. The van der Waals surface area contributed by atoms with Gasteiger partial charge in [-0.3, -0.25) is 0 Å². The molecule has 10 heavy (non-hydrogen) atoms. The summed E-state index contributed by atoms with van der Waals surface area (Å²) in [7, 11) is 1.33. The maximum Gasteiger partial charge on any atom is 0.356 e. The molecule has 0 aliphatic heterocycles. The van der Waals surface area contributed by atoms with E-state index in [9.17, 15) is 4.79 Å². The minimum Gasteiger partial charge on any atom is -0.464 e. The lowest BCUT2D eigenvalue weighted by atomic mass is 10.4. The molecule has 0 amide bonds. The molecule has 52 valence electrons. The van der Waals surface area contributed by atoms with Crippen LogP contribution < -0.4 is 0 Å². The van der Waals surface area contributed by atoms with Gasteiger partial charge in [-0.15, -0.1) is 0 Å². The van der Waals surface area contributed by atoms with Crippen molar-refractivity contribution in [1.82, 2.24) is 4.98 Å². The Morgan fingerprint density at radius 1 is 1.60 bits per heavy atom. The number of carbonyl (C=O) groups excluding carboxylic acids is 1. The maximum atomic E-state index is 10.7. The summed E-state index contributed by atoms with van der Waals surface area (Å²) in [6.45, 7) is 0. The fraction of sp³-hybridized carbons (Fsp3) is 0.143. The van der Waals surface area contributed by atoms with Crippen LogP contribution in [0, 0.1) is 0 Å². The number of carbonyl (C=O) groups is 1. The van der Waals surface area contributed by atoms with E-state index in [1.165, 1.54) is 7.11 Å². The quantitative estimate of drug-likeness (QED) is 0.539. The lowest BCUT2D eigenvalue weighted by Crippen LogP contribution is -2.02. The van der Waals surface area contributed by atoms with Crippen molar-refractivity contribution < 1.29 is 9.53 Å². The van der Waals surface area contributed by atoms with Crippen LogP contribution in [0.15, 0.2) is 24.4 Å². The maximum absolute atomic E-state index is 10.7. The molecule has 1 aromatic rings. The van der Waals surface area contributed by atoms with Crippen LogP contribution in [0.4, 0.5) is 0 Å². The highest BCUT2D eigenvalue weighted by Gasteiger charge is 2.02. The molecular weight excluding hydrogens is 130 g/mol. The Kier molecular flexibility index (Phi) is 1.99. The van der Waals surface area contributed by atoms with Gasteiger partial charge >= 0.3 is 5.97 Å². The summed E-state index contributed by atoms with van der Waals surface area (Å²) in [5.74, 6) is -0.402. The number of hydrogen-bond donors (Lipinski definition) is 0. The number of esters is 1. The topological polar surface area (TPSA) is 39.2 Å². The molecule has 0 aromatic carbocycles. The van der Waals surface area contributed by atoms with E-state index < -0.39 is 5.97 Å². The van der Waals surface area contributed by atoms with Crippen LogP contribution in [0.3, 0.4) is 0 Å². The van der Waals surface area contributed by atoms with E-state index in [0.29, 0.717) is 5.69 Å². The first-order valence-corrected chi connectivity index (χ1v) is 2.84. The molecular formula is C7H7NO2. The van der Waals surface area contributed by atoms with E-state index in [1.807, 2.05) is 0 Å². The summed E-state index contributed by atoms with van der Waals surface area (Å²) in [6.07, 6.45) is 1.55. The summed E-state index contributed by atoms with van der Waals surface area (Å²) in [6, 6.07) is 5.08. The lowest BCUT2D eigenvalue weighted by Gasteiger charge is -1.94. The van der Waals surface area contributed by atoms with Gasteiger partial charge in [0.05, 0.1) is 7.11 Å². The van der Waals surface area contributed by atoms with Gasteiger partial charge in [0, 0.05) is 6.20 Å². The van der Waals surface area contributed by atoms with Gasteiger partial charge in [0.1, 0.15) is 5.69 Å². The third-order valence-corrected chi connectivity index (χ3v) is 1.06. The van der Waals surface area contributed by atoms with Crippen molar-refractivity contribution in [3.8, 4) is 0 Å². The largest absolute Gasteiger partial charge is 0.464 e. The van der Waals surface area contributed by atoms with E-state index in [2.05, 4.69) is 9.72 Å². The van der Waals surface area contributed by atoms with Crippen LogP contribution >= 0.6 is 0 Å². The molecule has 0 unspecified atom stereocenters. The highest BCUT2D eigenvalue weighted by atomic mass is 16.5. The molecule has 0 bridgehead atoms. The smallest absolute Gasteiger partial charge is 0.356 e. The number of hydrogen-bond acceptors (Lipinski definition) is 3. The summed E-state index contributed by atoms with van der Waals surface area (Å²) in [4.78, 5) is 14.5. The van der Waals surface area contributed by atoms with Crippen LogP contribution in [-0.2, 0) is 4.74 Å². The summed E-state index contributed by atoms with van der Waals surface area (Å²) < 4.78 is 4.43. The van der Waals surface area contributed by atoms with E-state index in [1.54, 1.807) is 24.4 Å². The molecule has 3 heteroatoms. The predicted octanol–water partition coefficient (Wildman–Crippen LogP) is 0.868. The van der Waals surface area contributed by atoms with Gasteiger partial charge in [-0.1, -0.05) is 6.07 Å². The van der Waals surface area contributed by atoms with Crippen molar-refractivity contribution in [2.24, 2.45) is 0 Å². The average Bonchev–Trinajstić information content (AvgIpc) is 2.05. The molecule has 1 rings (SSSR count). The third kappa shape index (κ3) is 1.31. The van der Waals surface area contributed by atoms with Crippen molar-refractivity contribution in [1.29, 1.82) is 0 Å². The minimum absolute atomic E-state index is 0.338. The van der Waals surface area contributed by atoms with Gasteiger partial charge in [-0.05, 0) is 12.1 Å². The zero-order chi connectivity index (χ0) is 7.40. The Hall–Kier alpha value is -1.38. The standard InChI is InChI=1S/C7H7NO2/c1-10-7(9)6-4-2-3-5-8-6/h2-5H,1H3. The zero-order valence-electron chi connectivity index (χ0n) is 5.57. The zero-order valence-corrected chi connectivity index (χ0v) is 5.57. The van der Waals surface area contributed by atoms with Crippen molar-refractivity contribution in [2.75, 3.05) is 7.11 Å². The average molecular weight is 137 g/mol. The van der Waals surface area contributed by atoms with Crippen LogP contribution in [0.5, 0.6) is 0 Å². The number of rotatable bonds is 1. The normalized spacial score (nSPS) is 8.90. The molecule has 0 saturated heterocycles. The molecule has 0 spiro atoms. The van der Waals surface area contributed by atoms with Crippen molar-refractivity contribution in [2.45, 2.75) is 0 Å². The van der Waals surface area contributed by atoms with Crippen LogP contribution in [0.1, 0.15) is 10.5 Å². The Labute approximate surface area is 58.7 Å². The van der Waals surface area contributed by atoms with Gasteiger partial charge in [-0.25, -0.2) is 9.78 Å². The number of ether oxygens (including phenoxy) is 1. The molecule has 0 fully saturated rings. The number of nitrogens with zero attached hydrogens (tertiary/aromatic N) is 1. The van der Waals surface area contributed by atoms with E-state index in [-0.39, 0.29) is 0 Å². The second-order valence-corrected chi connectivity index (χ2v) is 1.71. The second-order valence-electron chi connectivity index (χ2n) is 1.71. The number of aromatic nitrogens is 1. The predicted molar refractivity (Wildman–Crippen MR) is 35.6 cm³/mol. The number of methoxy groups -OCH3 is 1. The Morgan fingerprint density at radius 2 is 2.40 bits per heavy atom. The number of pyridine rings is 1. The Bertz CT molecular complexity index is 220. The Balaban J connectivity index is 2.85. The van der Waals surface area contributed by atoms with Gasteiger partial charge in [0.25, 0.3) is 0 Å². The molecule has 1 aromatic heterocycles. The fourth-order valence-corrected chi connectivity index (χ4v) is 0.588. The van der Waals surface area contributed by atoms with Gasteiger partial charge in [0.2, 0.25) is 0 Å². The second kappa shape index (κ2) is 2.96. The van der Waals surface area contributed by atoms with E-state index >= 15 is 0 Å². The lowest BCUT2D eigenvalue weighted by molar-refractivity contribution is 0.0594. The molecule has 1 heterocycles. The SMILES string of the molecule is COC(=O)c1ccccn1. The van der Waals surface area contributed by atoms with Crippen molar-refractivity contribution in [3.05, 3.63) is 30.1 Å². The highest BCUT2D eigenvalue weighted by molar-refractivity contribution is 5.86. The van der Waals surface area contributed by atoms with Crippen molar-refractivity contribution >= 4 is 5.97 Å². The first-order chi connectivity index (χ1) is 4.84. The molecule has 0 N–H and O–H groups in total. The summed E-state index contributed by atoms with van der Waals surface area (Å²) in [5.41, 5.74) is 0.338.